The van der Waals surface area contributed by atoms with Gasteiger partial charge in [0.1, 0.15) is 0 Å². The Kier molecular flexibility index (Phi) is 5.18. The topological polar surface area (TPSA) is 32.3 Å². The predicted molar refractivity (Wildman–Crippen MR) is 83.0 cm³/mol. The highest BCUT2D eigenvalue weighted by Gasteiger charge is 2.26. The SMILES string of the molecule is CCNC1CCC(N(C)C(=O)c2ccc(C)cc2)CC1. The highest BCUT2D eigenvalue weighted by Crippen LogP contribution is 2.23. The van der Waals surface area contributed by atoms with Gasteiger partial charge < -0.3 is 10.2 Å². The second kappa shape index (κ2) is 6.89. The van der Waals surface area contributed by atoms with E-state index in [-0.39, 0.29) is 5.91 Å². The van der Waals surface area contributed by atoms with Gasteiger partial charge in [-0.05, 0) is 51.3 Å². The van der Waals surface area contributed by atoms with E-state index in [9.17, 15) is 4.79 Å². The van der Waals surface area contributed by atoms with Gasteiger partial charge in [0.2, 0.25) is 0 Å². The van der Waals surface area contributed by atoms with Crippen molar-refractivity contribution in [2.24, 2.45) is 0 Å². The number of aryl methyl sites for hydroxylation is 1. The number of amides is 1. The largest absolute Gasteiger partial charge is 0.339 e. The quantitative estimate of drug-likeness (QED) is 0.915. The first-order valence-electron chi connectivity index (χ1n) is 7.69. The Bertz CT molecular complexity index is 433. The van der Waals surface area contributed by atoms with Gasteiger partial charge in [0.05, 0.1) is 0 Å². The normalized spacial score (nSPS) is 22.6. The van der Waals surface area contributed by atoms with E-state index in [1.807, 2.05) is 43.1 Å². The zero-order chi connectivity index (χ0) is 14.5. The molecule has 1 saturated carbocycles. The van der Waals surface area contributed by atoms with E-state index in [2.05, 4.69) is 12.2 Å². The zero-order valence-electron chi connectivity index (χ0n) is 12.9. The summed E-state index contributed by atoms with van der Waals surface area (Å²) >= 11 is 0. The van der Waals surface area contributed by atoms with Crippen molar-refractivity contribution in [3.63, 3.8) is 0 Å². The third kappa shape index (κ3) is 3.60. The summed E-state index contributed by atoms with van der Waals surface area (Å²) < 4.78 is 0. The number of nitrogens with one attached hydrogen (secondary N) is 1. The van der Waals surface area contributed by atoms with Gasteiger partial charge in [-0.3, -0.25) is 4.79 Å². The van der Waals surface area contributed by atoms with Crippen LogP contribution in [-0.2, 0) is 0 Å². The van der Waals surface area contributed by atoms with Gasteiger partial charge in [0.15, 0.2) is 0 Å². The van der Waals surface area contributed by atoms with Crippen molar-refractivity contribution in [2.45, 2.75) is 51.6 Å². The van der Waals surface area contributed by atoms with Crippen LogP contribution < -0.4 is 5.32 Å². The molecule has 0 heterocycles. The van der Waals surface area contributed by atoms with Gasteiger partial charge in [-0.25, -0.2) is 0 Å². The van der Waals surface area contributed by atoms with Gasteiger partial charge >= 0.3 is 0 Å². The van der Waals surface area contributed by atoms with E-state index in [1.165, 1.54) is 18.4 Å². The summed E-state index contributed by atoms with van der Waals surface area (Å²) in [7, 11) is 1.94. The lowest BCUT2D eigenvalue weighted by Crippen LogP contribution is -2.43. The van der Waals surface area contributed by atoms with Crippen molar-refractivity contribution in [3.05, 3.63) is 35.4 Å². The molecular formula is C17H26N2O. The molecule has 1 N–H and O–H groups in total. The smallest absolute Gasteiger partial charge is 0.253 e. The number of benzene rings is 1. The van der Waals surface area contributed by atoms with Gasteiger partial charge in [-0.1, -0.05) is 24.6 Å². The zero-order valence-corrected chi connectivity index (χ0v) is 12.9. The molecule has 3 heteroatoms. The number of rotatable bonds is 4. The molecule has 2 rings (SSSR count). The van der Waals surface area contributed by atoms with Crippen LogP contribution in [0.1, 0.15) is 48.5 Å². The third-order valence-corrected chi connectivity index (χ3v) is 4.36. The van der Waals surface area contributed by atoms with Crippen molar-refractivity contribution in [1.29, 1.82) is 0 Å². The van der Waals surface area contributed by atoms with Crippen LogP contribution in [0.15, 0.2) is 24.3 Å². The first-order chi connectivity index (χ1) is 9.61. The molecular weight excluding hydrogens is 248 g/mol. The Labute approximate surface area is 122 Å². The molecule has 3 nitrogen and oxygen atoms in total. The first kappa shape index (κ1) is 15.0. The highest BCUT2D eigenvalue weighted by atomic mass is 16.2. The second-order valence-electron chi connectivity index (χ2n) is 5.85. The van der Waals surface area contributed by atoms with E-state index in [0.717, 1.165) is 24.9 Å². The summed E-state index contributed by atoms with van der Waals surface area (Å²) in [6, 6.07) is 8.89. The van der Waals surface area contributed by atoms with Crippen LogP contribution in [0, 0.1) is 6.92 Å². The van der Waals surface area contributed by atoms with Crippen LogP contribution in [0.4, 0.5) is 0 Å². The van der Waals surface area contributed by atoms with Crippen molar-refractivity contribution in [2.75, 3.05) is 13.6 Å². The maximum absolute atomic E-state index is 12.5. The lowest BCUT2D eigenvalue weighted by atomic mass is 9.90. The molecule has 0 atom stereocenters. The van der Waals surface area contributed by atoms with Crippen molar-refractivity contribution in [3.8, 4) is 0 Å². The summed E-state index contributed by atoms with van der Waals surface area (Å²) in [6.07, 6.45) is 4.55. The van der Waals surface area contributed by atoms with Gasteiger partial charge in [0, 0.05) is 24.7 Å². The van der Waals surface area contributed by atoms with E-state index in [4.69, 9.17) is 0 Å². The minimum Gasteiger partial charge on any atom is -0.339 e. The number of nitrogens with zero attached hydrogens (tertiary/aromatic N) is 1. The lowest BCUT2D eigenvalue weighted by Gasteiger charge is -2.35. The Morgan fingerprint density at radius 1 is 1.20 bits per heavy atom. The van der Waals surface area contributed by atoms with Crippen molar-refractivity contribution >= 4 is 5.91 Å². The van der Waals surface area contributed by atoms with Crippen molar-refractivity contribution < 1.29 is 4.79 Å². The average molecular weight is 274 g/mol. The van der Waals surface area contributed by atoms with Crippen LogP contribution >= 0.6 is 0 Å². The fourth-order valence-corrected chi connectivity index (χ4v) is 3.02. The molecule has 0 spiro atoms. The summed E-state index contributed by atoms with van der Waals surface area (Å²) in [5.41, 5.74) is 1.99. The number of hydrogen-bond acceptors (Lipinski definition) is 2. The Morgan fingerprint density at radius 3 is 2.35 bits per heavy atom. The molecule has 0 aliphatic heterocycles. The molecule has 1 amide bonds. The van der Waals surface area contributed by atoms with Crippen LogP contribution in [0.25, 0.3) is 0 Å². The standard InChI is InChI=1S/C17H26N2O/c1-4-18-15-9-11-16(12-10-15)19(3)17(20)14-7-5-13(2)6-8-14/h5-8,15-16,18H,4,9-12H2,1-3H3. The molecule has 0 unspecified atom stereocenters. The van der Waals surface area contributed by atoms with Gasteiger partial charge in [-0.2, -0.15) is 0 Å². The molecule has 0 bridgehead atoms. The van der Waals surface area contributed by atoms with Crippen LogP contribution in [0.3, 0.4) is 0 Å². The van der Waals surface area contributed by atoms with Crippen molar-refractivity contribution in [1.82, 2.24) is 10.2 Å². The predicted octanol–water partition coefficient (Wildman–Crippen LogP) is 2.99. The maximum Gasteiger partial charge on any atom is 0.253 e. The molecule has 1 aliphatic carbocycles. The van der Waals surface area contributed by atoms with Gasteiger partial charge in [0.25, 0.3) is 5.91 Å². The molecule has 1 aromatic rings. The fourth-order valence-electron chi connectivity index (χ4n) is 3.02. The molecule has 0 radical (unpaired) electrons. The minimum absolute atomic E-state index is 0.150. The third-order valence-electron chi connectivity index (χ3n) is 4.36. The van der Waals surface area contributed by atoms with Crippen LogP contribution in [0.2, 0.25) is 0 Å². The molecule has 1 fully saturated rings. The number of carbonyl (C=O) groups is 1. The molecule has 1 aromatic carbocycles. The Hall–Kier alpha value is -1.35. The van der Waals surface area contributed by atoms with Crippen LogP contribution in [-0.4, -0.2) is 36.5 Å². The molecule has 110 valence electrons. The summed E-state index contributed by atoms with van der Waals surface area (Å²) in [4.78, 5) is 14.4. The highest BCUT2D eigenvalue weighted by molar-refractivity contribution is 5.94. The minimum atomic E-state index is 0.150. The fraction of sp³-hybridized carbons (Fsp3) is 0.588. The van der Waals surface area contributed by atoms with E-state index in [0.29, 0.717) is 12.1 Å². The molecule has 1 aliphatic rings. The summed E-state index contributed by atoms with van der Waals surface area (Å²) in [5.74, 6) is 0.150. The van der Waals surface area contributed by atoms with E-state index < -0.39 is 0 Å². The maximum atomic E-state index is 12.5. The number of carbonyl (C=O) groups excluding carboxylic acids is 1. The van der Waals surface area contributed by atoms with Gasteiger partial charge in [-0.15, -0.1) is 0 Å². The van der Waals surface area contributed by atoms with E-state index in [1.54, 1.807) is 0 Å². The second-order valence-corrected chi connectivity index (χ2v) is 5.85. The number of hydrogen-bond donors (Lipinski definition) is 1. The molecule has 20 heavy (non-hydrogen) atoms. The Balaban J connectivity index is 1.93. The summed E-state index contributed by atoms with van der Waals surface area (Å²) in [6.45, 7) is 5.23. The van der Waals surface area contributed by atoms with E-state index >= 15 is 0 Å². The van der Waals surface area contributed by atoms with Crippen LogP contribution in [0.5, 0.6) is 0 Å². The average Bonchev–Trinajstić information content (AvgIpc) is 2.48. The monoisotopic (exact) mass is 274 g/mol. The lowest BCUT2D eigenvalue weighted by molar-refractivity contribution is 0.0684. The Morgan fingerprint density at radius 2 is 1.80 bits per heavy atom. The summed E-state index contributed by atoms with van der Waals surface area (Å²) in [5, 5.41) is 3.51. The molecule has 0 saturated heterocycles. The first-order valence-corrected chi connectivity index (χ1v) is 7.69. The molecule has 0 aromatic heterocycles.